The minimum Gasteiger partial charge on any atom is -0.445 e. The van der Waals surface area contributed by atoms with Crippen molar-refractivity contribution in [3.05, 3.63) is 0 Å². The van der Waals surface area contributed by atoms with Crippen LogP contribution in [0.1, 0.15) is 26.7 Å². The Hall–Kier alpha value is -0.440. The molecule has 0 spiro atoms. The molecule has 1 amide bonds. The molecule has 1 fully saturated rings. The highest BCUT2D eigenvalue weighted by molar-refractivity contribution is 6.18. The average Bonchev–Trinajstić information content (AvgIpc) is 2.17. The van der Waals surface area contributed by atoms with Gasteiger partial charge in [-0.2, -0.15) is 0 Å². The monoisotopic (exact) mass is 219 g/mol. The summed E-state index contributed by atoms with van der Waals surface area (Å²) in [7, 11) is 0. The molecule has 2 atom stereocenters. The molecular formula is C10H18ClNO2. The van der Waals surface area contributed by atoms with Gasteiger partial charge in [-0.05, 0) is 25.7 Å². The Morgan fingerprint density at radius 3 is 3.00 bits per heavy atom. The van der Waals surface area contributed by atoms with E-state index in [-0.39, 0.29) is 12.2 Å². The van der Waals surface area contributed by atoms with Crippen LogP contribution in [0, 0.1) is 5.92 Å². The topological polar surface area (TPSA) is 29.5 Å². The summed E-state index contributed by atoms with van der Waals surface area (Å²) in [5.41, 5.74) is 0. The number of likely N-dealkylation sites (tertiary alicyclic amines) is 1. The van der Waals surface area contributed by atoms with Crippen LogP contribution in [0.2, 0.25) is 0 Å². The Morgan fingerprint density at radius 1 is 1.71 bits per heavy atom. The number of rotatable bonds is 2. The number of hydrogen-bond donors (Lipinski definition) is 0. The van der Waals surface area contributed by atoms with Gasteiger partial charge in [0.1, 0.15) is 6.10 Å². The van der Waals surface area contributed by atoms with E-state index in [1.807, 2.05) is 0 Å². The highest BCUT2D eigenvalue weighted by Gasteiger charge is 2.22. The lowest BCUT2D eigenvalue weighted by Gasteiger charge is -2.30. The first-order valence-corrected chi connectivity index (χ1v) is 5.68. The second-order valence-corrected chi connectivity index (χ2v) is 4.35. The number of alkyl halides is 1. The van der Waals surface area contributed by atoms with Crippen molar-refractivity contribution in [1.82, 2.24) is 4.90 Å². The van der Waals surface area contributed by atoms with Crippen molar-refractivity contribution in [1.29, 1.82) is 0 Å². The summed E-state index contributed by atoms with van der Waals surface area (Å²) < 4.78 is 5.14. The van der Waals surface area contributed by atoms with Gasteiger partial charge in [-0.1, -0.05) is 6.92 Å². The number of halogens is 1. The Morgan fingerprint density at radius 2 is 2.43 bits per heavy atom. The average molecular weight is 220 g/mol. The molecule has 2 unspecified atom stereocenters. The molecule has 0 N–H and O–H groups in total. The van der Waals surface area contributed by atoms with Gasteiger partial charge in [0, 0.05) is 13.1 Å². The van der Waals surface area contributed by atoms with Crippen LogP contribution in [0.5, 0.6) is 0 Å². The predicted octanol–water partition coefficient (Wildman–Crippen LogP) is 2.48. The van der Waals surface area contributed by atoms with Crippen LogP contribution in [-0.4, -0.2) is 36.1 Å². The number of hydrogen-bond acceptors (Lipinski definition) is 2. The van der Waals surface area contributed by atoms with Gasteiger partial charge in [-0.15, -0.1) is 11.6 Å². The number of piperidine rings is 1. The zero-order valence-electron chi connectivity index (χ0n) is 8.83. The molecule has 4 heteroatoms. The van der Waals surface area contributed by atoms with Gasteiger partial charge >= 0.3 is 6.09 Å². The molecule has 82 valence electrons. The minimum atomic E-state index is -0.218. The van der Waals surface area contributed by atoms with Crippen molar-refractivity contribution in [3.63, 3.8) is 0 Å². The van der Waals surface area contributed by atoms with Gasteiger partial charge in [0.2, 0.25) is 0 Å². The Bertz CT molecular complexity index is 199. The Balaban J connectivity index is 2.36. The molecule has 1 aliphatic heterocycles. The lowest BCUT2D eigenvalue weighted by atomic mass is 10.0. The maximum atomic E-state index is 11.6. The lowest BCUT2D eigenvalue weighted by molar-refractivity contribution is 0.0651. The van der Waals surface area contributed by atoms with Crippen molar-refractivity contribution >= 4 is 17.7 Å². The van der Waals surface area contributed by atoms with Crippen LogP contribution < -0.4 is 0 Å². The Labute approximate surface area is 90.4 Å². The van der Waals surface area contributed by atoms with E-state index in [4.69, 9.17) is 16.3 Å². The number of nitrogens with zero attached hydrogens (tertiary/aromatic N) is 1. The summed E-state index contributed by atoms with van der Waals surface area (Å²) in [5.74, 6) is 0.942. The van der Waals surface area contributed by atoms with Crippen molar-refractivity contribution in [2.24, 2.45) is 5.92 Å². The van der Waals surface area contributed by atoms with Gasteiger partial charge in [0.05, 0.1) is 5.88 Å². The highest BCUT2D eigenvalue weighted by Crippen LogP contribution is 2.16. The third kappa shape index (κ3) is 3.37. The Kier molecular flexibility index (Phi) is 4.52. The van der Waals surface area contributed by atoms with E-state index in [1.54, 1.807) is 11.8 Å². The normalized spacial score (nSPS) is 24.5. The first kappa shape index (κ1) is 11.6. The molecule has 3 nitrogen and oxygen atoms in total. The standard InChI is InChI=1S/C10H18ClNO2/c1-8-4-3-5-12(7-8)10(13)14-9(2)6-11/h8-9H,3-7H2,1-2H3. The molecule has 1 aliphatic rings. The van der Waals surface area contributed by atoms with Crippen molar-refractivity contribution in [2.75, 3.05) is 19.0 Å². The third-order valence-electron chi connectivity index (χ3n) is 2.43. The number of carbonyl (C=O) groups excluding carboxylic acids is 1. The molecule has 0 saturated carbocycles. The molecule has 0 radical (unpaired) electrons. The quantitative estimate of drug-likeness (QED) is 0.668. The fourth-order valence-corrected chi connectivity index (χ4v) is 1.70. The smallest absolute Gasteiger partial charge is 0.410 e. The van der Waals surface area contributed by atoms with Gasteiger partial charge in [0.15, 0.2) is 0 Å². The van der Waals surface area contributed by atoms with Crippen LogP contribution in [0.4, 0.5) is 4.79 Å². The van der Waals surface area contributed by atoms with Gasteiger partial charge < -0.3 is 9.64 Å². The molecule has 0 aromatic heterocycles. The summed E-state index contributed by atoms with van der Waals surface area (Å²) in [4.78, 5) is 13.3. The largest absolute Gasteiger partial charge is 0.445 e. The van der Waals surface area contributed by atoms with Crippen LogP contribution in [0.15, 0.2) is 0 Å². The number of ether oxygens (including phenoxy) is 1. The predicted molar refractivity (Wildman–Crippen MR) is 56.6 cm³/mol. The molecular weight excluding hydrogens is 202 g/mol. The molecule has 1 saturated heterocycles. The summed E-state index contributed by atoms with van der Waals surface area (Å²) in [6.07, 6.45) is 1.87. The summed E-state index contributed by atoms with van der Waals surface area (Å²) >= 11 is 5.57. The van der Waals surface area contributed by atoms with Crippen LogP contribution >= 0.6 is 11.6 Å². The first-order valence-electron chi connectivity index (χ1n) is 5.15. The van der Waals surface area contributed by atoms with E-state index >= 15 is 0 Å². The highest BCUT2D eigenvalue weighted by atomic mass is 35.5. The molecule has 0 aliphatic carbocycles. The van der Waals surface area contributed by atoms with Gasteiger partial charge in [0.25, 0.3) is 0 Å². The molecule has 0 aromatic carbocycles. The first-order chi connectivity index (χ1) is 6.63. The van der Waals surface area contributed by atoms with Crippen molar-refractivity contribution < 1.29 is 9.53 Å². The van der Waals surface area contributed by atoms with Gasteiger partial charge in [-0.3, -0.25) is 0 Å². The molecule has 14 heavy (non-hydrogen) atoms. The maximum Gasteiger partial charge on any atom is 0.410 e. The van der Waals surface area contributed by atoms with Crippen LogP contribution in [0.25, 0.3) is 0 Å². The second-order valence-electron chi connectivity index (χ2n) is 4.04. The molecule has 1 heterocycles. The number of amides is 1. The zero-order valence-corrected chi connectivity index (χ0v) is 9.59. The van der Waals surface area contributed by atoms with Gasteiger partial charge in [-0.25, -0.2) is 4.79 Å². The fourth-order valence-electron chi connectivity index (χ4n) is 1.63. The van der Waals surface area contributed by atoms with E-state index in [0.29, 0.717) is 11.8 Å². The molecule has 0 aromatic rings. The van der Waals surface area contributed by atoms with E-state index in [1.165, 1.54) is 6.42 Å². The second kappa shape index (κ2) is 5.44. The van der Waals surface area contributed by atoms with E-state index < -0.39 is 0 Å². The van der Waals surface area contributed by atoms with Crippen molar-refractivity contribution in [2.45, 2.75) is 32.8 Å². The summed E-state index contributed by atoms with van der Waals surface area (Å²) in [5, 5.41) is 0. The fraction of sp³-hybridized carbons (Fsp3) is 0.900. The van der Waals surface area contributed by atoms with Crippen LogP contribution in [0.3, 0.4) is 0 Å². The van der Waals surface area contributed by atoms with E-state index in [2.05, 4.69) is 6.92 Å². The van der Waals surface area contributed by atoms with E-state index in [9.17, 15) is 4.79 Å². The number of carbonyl (C=O) groups is 1. The molecule has 1 rings (SSSR count). The summed E-state index contributed by atoms with van der Waals surface area (Å²) in [6.45, 7) is 5.59. The van der Waals surface area contributed by atoms with E-state index in [0.717, 1.165) is 19.5 Å². The minimum absolute atomic E-state index is 0.193. The zero-order chi connectivity index (χ0) is 10.6. The SMILES string of the molecule is CC1CCCN(C(=O)OC(C)CCl)C1. The summed E-state index contributed by atoms with van der Waals surface area (Å²) in [6, 6.07) is 0. The third-order valence-corrected chi connectivity index (χ3v) is 2.87. The van der Waals surface area contributed by atoms with Crippen LogP contribution in [-0.2, 0) is 4.74 Å². The molecule has 0 bridgehead atoms. The lowest BCUT2D eigenvalue weighted by Crippen LogP contribution is -2.40. The van der Waals surface area contributed by atoms with Crippen molar-refractivity contribution in [3.8, 4) is 0 Å². The maximum absolute atomic E-state index is 11.6.